The van der Waals surface area contributed by atoms with Crippen LogP contribution >= 0.6 is 0 Å². The van der Waals surface area contributed by atoms with E-state index in [1.165, 1.54) is 0 Å². The molecule has 2 rings (SSSR count). The molecule has 1 heterocycles. The molecule has 20 heavy (non-hydrogen) atoms. The molecule has 1 aliphatic rings. The van der Waals surface area contributed by atoms with Gasteiger partial charge in [-0.1, -0.05) is 0 Å². The molecule has 6 nitrogen and oxygen atoms in total. The second-order valence-electron chi connectivity index (χ2n) is 4.71. The minimum atomic E-state index is 0.0288. The zero-order valence-corrected chi connectivity index (χ0v) is 12.1. The first-order valence-corrected chi connectivity index (χ1v) is 6.55. The summed E-state index contributed by atoms with van der Waals surface area (Å²) in [6.07, 6.45) is 0. The van der Waals surface area contributed by atoms with Crippen LogP contribution in [-0.4, -0.2) is 46.6 Å². The quantitative estimate of drug-likeness (QED) is 0.792. The lowest BCUT2D eigenvalue weighted by Crippen LogP contribution is -2.43. The fourth-order valence-corrected chi connectivity index (χ4v) is 2.25. The molecule has 0 aliphatic carbocycles. The lowest BCUT2D eigenvalue weighted by atomic mass is 10.1. The molecule has 2 unspecified atom stereocenters. The highest BCUT2D eigenvalue weighted by Crippen LogP contribution is 2.34. The minimum absolute atomic E-state index is 0.0288. The summed E-state index contributed by atoms with van der Waals surface area (Å²) in [4.78, 5) is 0. The standard InChI is InChI=1S/C14H22N2O4/c1-17-12-5-14(19-3)13(18-2)4-9(12)6-16-11-8-20-7-10(11)15/h4-5,10-11,16H,6-8,15H2,1-3H3. The summed E-state index contributed by atoms with van der Waals surface area (Å²) < 4.78 is 21.3. The third-order valence-corrected chi connectivity index (χ3v) is 3.47. The van der Waals surface area contributed by atoms with E-state index in [9.17, 15) is 0 Å². The van der Waals surface area contributed by atoms with Gasteiger partial charge in [-0.2, -0.15) is 0 Å². The van der Waals surface area contributed by atoms with Gasteiger partial charge in [-0.15, -0.1) is 0 Å². The lowest BCUT2D eigenvalue weighted by molar-refractivity contribution is 0.187. The summed E-state index contributed by atoms with van der Waals surface area (Å²) in [6, 6.07) is 3.92. The zero-order valence-electron chi connectivity index (χ0n) is 12.1. The van der Waals surface area contributed by atoms with E-state index in [-0.39, 0.29) is 12.1 Å². The predicted molar refractivity (Wildman–Crippen MR) is 75.5 cm³/mol. The number of hydrogen-bond acceptors (Lipinski definition) is 6. The van der Waals surface area contributed by atoms with E-state index in [2.05, 4.69) is 5.32 Å². The van der Waals surface area contributed by atoms with Gasteiger partial charge in [0.05, 0.1) is 34.5 Å². The number of methoxy groups -OCH3 is 3. The van der Waals surface area contributed by atoms with E-state index >= 15 is 0 Å². The van der Waals surface area contributed by atoms with Crippen molar-refractivity contribution in [2.45, 2.75) is 18.6 Å². The third kappa shape index (κ3) is 3.15. The van der Waals surface area contributed by atoms with E-state index in [1.54, 1.807) is 21.3 Å². The molecule has 3 N–H and O–H groups in total. The number of rotatable bonds is 6. The molecule has 0 amide bonds. The van der Waals surface area contributed by atoms with Crippen molar-refractivity contribution in [1.82, 2.24) is 5.32 Å². The first-order valence-electron chi connectivity index (χ1n) is 6.55. The topological polar surface area (TPSA) is 75.0 Å². The Morgan fingerprint density at radius 3 is 2.30 bits per heavy atom. The minimum Gasteiger partial charge on any atom is -0.496 e. The largest absolute Gasteiger partial charge is 0.496 e. The van der Waals surface area contributed by atoms with Crippen molar-refractivity contribution in [1.29, 1.82) is 0 Å². The molecular formula is C14H22N2O4. The highest BCUT2D eigenvalue weighted by atomic mass is 16.5. The number of benzene rings is 1. The van der Waals surface area contributed by atoms with E-state index in [0.717, 1.165) is 11.3 Å². The van der Waals surface area contributed by atoms with Crippen molar-refractivity contribution in [2.24, 2.45) is 5.73 Å². The summed E-state index contributed by atoms with van der Waals surface area (Å²) in [5.41, 5.74) is 6.94. The number of nitrogens with one attached hydrogen (secondary N) is 1. The van der Waals surface area contributed by atoms with Crippen molar-refractivity contribution in [2.75, 3.05) is 34.5 Å². The van der Waals surface area contributed by atoms with Crippen LogP contribution in [0.3, 0.4) is 0 Å². The van der Waals surface area contributed by atoms with Gasteiger partial charge in [0.15, 0.2) is 11.5 Å². The van der Waals surface area contributed by atoms with Crippen molar-refractivity contribution in [3.8, 4) is 17.2 Å². The Morgan fingerprint density at radius 1 is 1.10 bits per heavy atom. The van der Waals surface area contributed by atoms with Gasteiger partial charge >= 0.3 is 0 Å². The maximum atomic E-state index is 5.95. The summed E-state index contributed by atoms with van der Waals surface area (Å²) in [5, 5.41) is 3.38. The maximum absolute atomic E-state index is 5.95. The van der Waals surface area contributed by atoms with E-state index in [4.69, 9.17) is 24.7 Å². The summed E-state index contributed by atoms with van der Waals surface area (Å²) >= 11 is 0. The molecule has 0 saturated carbocycles. The molecule has 2 atom stereocenters. The van der Waals surface area contributed by atoms with Crippen LogP contribution in [0, 0.1) is 0 Å². The SMILES string of the molecule is COc1cc(OC)c(OC)cc1CNC1COCC1N. The van der Waals surface area contributed by atoms with Gasteiger partial charge in [0, 0.05) is 30.3 Å². The summed E-state index contributed by atoms with van der Waals surface area (Å²) in [7, 11) is 4.85. The molecule has 0 spiro atoms. The Balaban J connectivity index is 2.13. The van der Waals surface area contributed by atoms with Crippen molar-refractivity contribution in [3.63, 3.8) is 0 Å². The fraction of sp³-hybridized carbons (Fsp3) is 0.571. The van der Waals surface area contributed by atoms with E-state index in [1.807, 2.05) is 12.1 Å². The smallest absolute Gasteiger partial charge is 0.164 e. The van der Waals surface area contributed by atoms with Crippen LogP contribution in [0.4, 0.5) is 0 Å². The van der Waals surface area contributed by atoms with Crippen LogP contribution in [0.2, 0.25) is 0 Å². The maximum Gasteiger partial charge on any atom is 0.164 e. The van der Waals surface area contributed by atoms with Gasteiger partial charge in [-0.3, -0.25) is 0 Å². The van der Waals surface area contributed by atoms with Gasteiger partial charge in [0.2, 0.25) is 0 Å². The molecule has 0 radical (unpaired) electrons. The second kappa shape index (κ2) is 6.78. The summed E-state index contributed by atoms with van der Waals surface area (Å²) in [6.45, 7) is 1.86. The first kappa shape index (κ1) is 14.9. The van der Waals surface area contributed by atoms with Crippen LogP contribution in [0.15, 0.2) is 12.1 Å². The van der Waals surface area contributed by atoms with Gasteiger partial charge in [0.25, 0.3) is 0 Å². The van der Waals surface area contributed by atoms with Gasteiger partial charge < -0.3 is 30.0 Å². The summed E-state index contributed by atoms with van der Waals surface area (Å²) in [5.74, 6) is 2.08. The molecule has 112 valence electrons. The van der Waals surface area contributed by atoms with Gasteiger partial charge in [-0.05, 0) is 6.07 Å². The molecule has 0 aromatic heterocycles. The Hall–Kier alpha value is -1.50. The fourth-order valence-electron chi connectivity index (χ4n) is 2.25. The molecule has 1 aromatic rings. The van der Waals surface area contributed by atoms with Crippen molar-refractivity contribution >= 4 is 0 Å². The number of ether oxygens (including phenoxy) is 4. The molecule has 6 heteroatoms. The average molecular weight is 282 g/mol. The van der Waals surface area contributed by atoms with Gasteiger partial charge in [-0.25, -0.2) is 0 Å². The molecular weight excluding hydrogens is 260 g/mol. The Bertz CT molecular complexity index is 453. The van der Waals surface area contributed by atoms with Crippen molar-refractivity contribution < 1.29 is 18.9 Å². The number of nitrogens with two attached hydrogens (primary N) is 1. The second-order valence-corrected chi connectivity index (χ2v) is 4.71. The normalized spacial score (nSPS) is 21.8. The monoisotopic (exact) mass is 282 g/mol. The highest BCUT2D eigenvalue weighted by Gasteiger charge is 2.24. The Kier molecular flexibility index (Phi) is 5.05. The molecule has 1 aliphatic heterocycles. The lowest BCUT2D eigenvalue weighted by Gasteiger charge is -2.18. The first-order chi connectivity index (χ1) is 9.69. The Morgan fingerprint density at radius 2 is 1.75 bits per heavy atom. The zero-order chi connectivity index (χ0) is 14.5. The van der Waals surface area contributed by atoms with Crippen LogP contribution in [-0.2, 0) is 11.3 Å². The highest BCUT2D eigenvalue weighted by molar-refractivity contribution is 5.50. The molecule has 0 bridgehead atoms. The van der Waals surface area contributed by atoms with Crippen LogP contribution in [0.1, 0.15) is 5.56 Å². The predicted octanol–water partition coefficient (Wildman–Crippen LogP) is 0.528. The molecule has 1 aromatic carbocycles. The Labute approximate surface area is 119 Å². The molecule has 1 fully saturated rings. The van der Waals surface area contributed by atoms with Crippen LogP contribution in [0.25, 0.3) is 0 Å². The van der Waals surface area contributed by atoms with Crippen LogP contribution < -0.4 is 25.3 Å². The third-order valence-electron chi connectivity index (χ3n) is 3.47. The molecule has 1 saturated heterocycles. The van der Waals surface area contributed by atoms with Gasteiger partial charge in [0.1, 0.15) is 5.75 Å². The average Bonchev–Trinajstić information content (AvgIpc) is 2.89. The van der Waals surface area contributed by atoms with E-state index in [0.29, 0.717) is 31.3 Å². The van der Waals surface area contributed by atoms with Crippen molar-refractivity contribution in [3.05, 3.63) is 17.7 Å². The van der Waals surface area contributed by atoms with Crippen LogP contribution in [0.5, 0.6) is 17.2 Å². The number of hydrogen-bond donors (Lipinski definition) is 2. The van der Waals surface area contributed by atoms with E-state index < -0.39 is 0 Å².